The number of nitriles is 1. The molecule has 0 radical (unpaired) electrons. The largest absolute Gasteiger partial charge is 0.338 e. The Kier molecular flexibility index (Phi) is 6.81. The van der Waals surface area contributed by atoms with Crippen molar-refractivity contribution in [2.45, 2.75) is 51.1 Å². The van der Waals surface area contributed by atoms with E-state index in [9.17, 15) is 10.1 Å². The van der Waals surface area contributed by atoms with Crippen LogP contribution >= 0.6 is 23.2 Å². The monoisotopic (exact) mass is 599 g/mol. The van der Waals surface area contributed by atoms with Crippen molar-refractivity contribution in [2.24, 2.45) is 0 Å². The van der Waals surface area contributed by atoms with Gasteiger partial charge in [0.1, 0.15) is 5.52 Å². The fourth-order valence-electron chi connectivity index (χ4n) is 6.99. The molecular weight excluding hydrogens is 572 g/mol. The van der Waals surface area contributed by atoms with E-state index in [-0.39, 0.29) is 34.6 Å². The highest BCUT2D eigenvalue weighted by Gasteiger charge is 2.33. The van der Waals surface area contributed by atoms with Gasteiger partial charge in [-0.25, -0.2) is 9.37 Å². The SMILES string of the molecule is Cc1nc2c(F)c(-c3cccc(Cl)c3Cl)c(CCC#N)cc2c2c1cc(C1CCc3cccc(=O)n31)n2C1CCNC1. The van der Waals surface area contributed by atoms with Gasteiger partial charge in [-0.15, -0.1) is 0 Å². The number of nitrogens with zero attached hydrogens (tertiary/aromatic N) is 4. The number of aryl methyl sites for hydroxylation is 3. The van der Waals surface area contributed by atoms with Gasteiger partial charge in [-0.3, -0.25) is 4.79 Å². The molecule has 2 atom stereocenters. The van der Waals surface area contributed by atoms with Gasteiger partial charge in [0.15, 0.2) is 5.82 Å². The second kappa shape index (κ2) is 10.5. The minimum absolute atomic E-state index is 0.0102. The van der Waals surface area contributed by atoms with Crippen LogP contribution in [0.25, 0.3) is 32.9 Å². The van der Waals surface area contributed by atoms with Crippen LogP contribution in [0.2, 0.25) is 10.0 Å². The van der Waals surface area contributed by atoms with E-state index in [0.717, 1.165) is 54.6 Å². The molecule has 0 bridgehead atoms. The van der Waals surface area contributed by atoms with Crippen molar-refractivity contribution in [3.05, 3.63) is 97.4 Å². The highest BCUT2D eigenvalue weighted by Crippen LogP contribution is 2.44. The van der Waals surface area contributed by atoms with Crippen molar-refractivity contribution < 1.29 is 4.39 Å². The molecule has 1 fully saturated rings. The summed E-state index contributed by atoms with van der Waals surface area (Å²) in [5, 5.41) is 15.2. The Hall–Kier alpha value is -3.70. The van der Waals surface area contributed by atoms with E-state index >= 15 is 4.39 Å². The molecule has 2 aliphatic rings. The first-order valence-corrected chi connectivity index (χ1v) is 15.0. The Balaban J connectivity index is 1.57. The first-order valence-electron chi connectivity index (χ1n) is 14.3. The summed E-state index contributed by atoms with van der Waals surface area (Å²) in [4.78, 5) is 17.9. The van der Waals surface area contributed by atoms with Crippen molar-refractivity contribution in [3.63, 3.8) is 0 Å². The second-order valence-corrected chi connectivity index (χ2v) is 12.0. The maximum absolute atomic E-state index is 16.8. The van der Waals surface area contributed by atoms with Crippen molar-refractivity contribution in [1.82, 2.24) is 19.4 Å². The molecule has 5 aromatic rings. The number of nitrogens with one attached hydrogen (secondary N) is 1. The number of benzene rings is 2. The molecule has 0 aliphatic carbocycles. The van der Waals surface area contributed by atoms with E-state index in [2.05, 4.69) is 22.0 Å². The third-order valence-corrected chi connectivity index (χ3v) is 9.66. The lowest BCUT2D eigenvalue weighted by atomic mass is 9.93. The van der Waals surface area contributed by atoms with Crippen LogP contribution in [-0.4, -0.2) is 27.2 Å². The third-order valence-electron chi connectivity index (χ3n) is 8.84. The predicted octanol–water partition coefficient (Wildman–Crippen LogP) is 7.30. The van der Waals surface area contributed by atoms with Crippen LogP contribution in [0.1, 0.15) is 54.0 Å². The highest BCUT2D eigenvalue weighted by molar-refractivity contribution is 6.43. The molecule has 0 spiro atoms. The fourth-order valence-corrected chi connectivity index (χ4v) is 7.38. The molecule has 2 unspecified atom stereocenters. The summed E-state index contributed by atoms with van der Waals surface area (Å²) in [5.41, 5.74) is 5.44. The second-order valence-electron chi connectivity index (χ2n) is 11.2. The Bertz CT molecular complexity index is 2000. The molecule has 7 rings (SSSR count). The van der Waals surface area contributed by atoms with Crippen LogP contribution in [-0.2, 0) is 12.8 Å². The van der Waals surface area contributed by atoms with E-state index in [1.165, 1.54) is 0 Å². The first kappa shape index (κ1) is 27.2. The zero-order chi connectivity index (χ0) is 29.1. The van der Waals surface area contributed by atoms with Gasteiger partial charge in [0, 0.05) is 64.1 Å². The van der Waals surface area contributed by atoms with Crippen LogP contribution in [0.3, 0.4) is 0 Å². The number of pyridine rings is 2. The van der Waals surface area contributed by atoms with Gasteiger partial charge < -0.3 is 14.5 Å². The highest BCUT2D eigenvalue weighted by atomic mass is 35.5. The van der Waals surface area contributed by atoms with Gasteiger partial charge in [0.2, 0.25) is 0 Å². The number of halogens is 3. The van der Waals surface area contributed by atoms with Gasteiger partial charge in [0.25, 0.3) is 5.56 Å². The number of fused-ring (bicyclic) bond motifs is 4. The molecule has 0 saturated carbocycles. The molecule has 42 heavy (non-hydrogen) atoms. The number of aromatic nitrogens is 3. The third kappa shape index (κ3) is 4.16. The summed E-state index contributed by atoms with van der Waals surface area (Å²) in [6.07, 6.45) is 3.13. The molecule has 9 heteroatoms. The predicted molar refractivity (Wildman–Crippen MR) is 165 cm³/mol. The summed E-state index contributed by atoms with van der Waals surface area (Å²) < 4.78 is 21.1. The molecule has 6 nitrogen and oxygen atoms in total. The molecule has 2 aliphatic heterocycles. The van der Waals surface area contributed by atoms with Gasteiger partial charge >= 0.3 is 0 Å². The summed E-state index contributed by atoms with van der Waals surface area (Å²) in [6, 6.07) is 17.0. The van der Waals surface area contributed by atoms with Crippen LogP contribution in [0.5, 0.6) is 0 Å². The van der Waals surface area contributed by atoms with Gasteiger partial charge in [-0.05, 0) is 69.0 Å². The lowest BCUT2D eigenvalue weighted by Crippen LogP contribution is -2.25. The van der Waals surface area contributed by atoms with Crippen molar-refractivity contribution in [1.29, 1.82) is 5.26 Å². The van der Waals surface area contributed by atoms with Gasteiger partial charge in [0.05, 0.1) is 27.7 Å². The average molecular weight is 601 g/mol. The molecule has 5 heterocycles. The number of hydrogen-bond donors (Lipinski definition) is 1. The normalized spacial score (nSPS) is 18.2. The van der Waals surface area contributed by atoms with E-state index in [0.29, 0.717) is 39.2 Å². The number of rotatable bonds is 5. The molecule has 1 saturated heterocycles. The Morgan fingerprint density at radius 1 is 1.12 bits per heavy atom. The summed E-state index contributed by atoms with van der Waals surface area (Å²) in [5.74, 6) is -0.476. The molecule has 1 N–H and O–H groups in total. The Labute approximate surface area is 252 Å². The number of hydrogen-bond acceptors (Lipinski definition) is 4. The molecule has 3 aromatic heterocycles. The molecular formula is C33H28Cl2FN5O. The van der Waals surface area contributed by atoms with Crippen molar-refractivity contribution in [3.8, 4) is 17.2 Å². The smallest absolute Gasteiger partial charge is 0.251 e. The molecule has 212 valence electrons. The maximum atomic E-state index is 16.8. The summed E-state index contributed by atoms with van der Waals surface area (Å²) in [7, 11) is 0. The lowest BCUT2D eigenvalue weighted by molar-refractivity contribution is 0.491. The van der Waals surface area contributed by atoms with Crippen LogP contribution < -0.4 is 10.9 Å². The van der Waals surface area contributed by atoms with Gasteiger partial charge in [-0.2, -0.15) is 5.26 Å². The summed E-state index contributed by atoms with van der Waals surface area (Å²) >= 11 is 12.9. The minimum atomic E-state index is -0.476. The van der Waals surface area contributed by atoms with Gasteiger partial charge in [-0.1, -0.05) is 41.4 Å². The molecule has 0 amide bonds. The Morgan fingerprint density at radius 3 is 2.74 bits per heavy atom. The van der Waals surface area contributed by atoms with Crippen molar-refractivity contribution in [2.75, 3.05) is 13.1 Å². The van der Waals surface area contributed by atoms with Crippen LogP contribution in [0, 0.1) is 24.1 Å². The zero-order valence-electron chi connectivity index (χ0n) is 23.1. The summed E-state index contributed by atoms with van der Waals surface area (Å²) in [6.45, 7) is 3.57. The Morgan fingerprint density at radius 2 is 1.95 bits per heavy atom. The topological polar surface area (TPSA) is 75.6 Å². The van der Waals surface area contributed by atoms with E-state index in [4.69, 9.17) is 28.2 Å². The average Bonchev–Trinajstić information content (AvgIpc) is 3.73. The quantitative estimate of drug-likeness (QED) is 0.230. The lowest BCUT2D eigenvalue weighted by Gasteiger charge is -2.23. The standard InChI is InChI=1S/C33H28Cl2FN5O/c1-18-23-16-27(26-11-10-20-6-2-9-28(42)40(20)26)41(21-12-14-38-17-21)33(23)24-15-19(5-4-13-37)29(31(36)32(24)39-18)22-7-3-8-25(34)30(22)35/h2-3,6-9,15-16,21,26,38H,4-5,10-12,14,17H2,1H3. The molecule has 2 aromatic carbocycles. The van der Waals surface area contributed by atoms with Crippen LogP contribution in [0.15, 0.2) is 53.3 Å². The zero-order valence-corrected chi connectivity index (χ0v) is 24.6. The fraction of sp³-hybridized carbons (Fsp3) is 0.303. The first-order chi connectivity index (χ1) is 20.4. The minimum Gasteiger partial charge on any atom is -0.338 e. The van der Waals surface area contributed by atoms with Crippen molar-refractivity contribution >= 4 is 45.0 Å². The van der Waals surface area contributed by atoms with Crippen LogP contribution in [0.4, 0.5) is 4.39 Å². The maximum Gasteiger partial charge on any atom is 0.251 e. The van der Waals surface area contributed by atoms with E-state index in [1.54, 1.807) is 24.3 Å². The van der Waals surface area contributed by atoms with E-state index in [1.807, 2.05) is 29.7 Å². The van der Waals surface area contributed by atoms with E-state index < -0.39 is 5.82 Å².